The normalized spacial score (nSPS) is 11.3. The zero-order valence-electron chi connectivity index (χ0n) is 6.56. The van der Waals surface area contributed by atoms with E-state index in [4.69, 9.17) is 15.3 Å². The molecule has 0 aromatic carbocycles. The molecular weight excluding hydrogens is 183 g/mol. The average Bonchev–Trinajstić information content (AvgIpc) is 2.14. The summed E-state index contributed by atoms with van der Waals surface area (Å²) in [6.45, 7) is -1.38. The maximum Gasteiger partial charge on any atom is 0.308 e. The molecule has 0 fully saturated rings. The number of carbonyl (C=O) groups excluding carboxylic acids is 1. The smallest absolute Gasteiger partial charge is 0.308 e. The fourth-order valence-corrected chi connectivity index (χ4v) is 0.749. The fraction of sp³-hybridized carbons (Fsp3) is 0.833. The van der Waals surface area contributed by atoms with Crippen LogP contribution in [0.15, 0.2) is 0 Å². The first-order valence-electron chi connectivity index (χ1n) is 3.36. The second-order valence-corrected chi connectivity index (χ2v) is 2.88. The van der Waals surface area contributed by atoms with Gasteiger partial charge in [0.05, 0.1) is 41.1 Å². The summed E-state index contributed by atoms with van der Waals surface area (Å²) in [7, 11) is 1.76. The van der Waals surface area contributed by atoms with Crippen molar-refractivity contribution in [3.63, 3.8) is 0 Å². The topological polar surface area (TPSA) is 87.0 Å². The molecule has 0 bridgehead atoms. The van der Waals surface area contributed by atoms with Gasteiger partial charge in [-0.15, -0.1) is 0 Å². The van der Waals surface area contributed by atoms with E-state index in [1.807, 2.05) is 0 Å². The highest BCUT2D eigenvalue weighted by Gasteiger charge is 2.31. The molecule has 0 saturated carbocycles. The Balaban J connectivity index is 4.19. The number of aliphatic hydroxyl groups is 3. The van der Waals surface area contributed by atoms with Gasteiger partial charge in [0.2, 0.25) is 0 Å². The Morgan fingerprint density at radius 1 is 1.25 bits per heavy atom. The maximum atomic E-state index is 10.7. The standard InChI is InChI=1S/C6H13O5P/c7-2-6(3-8,4-9)1-5(10)11-12/h7-9H,1-4,12H2. The molecular formula is C6H13O5P. The molecule has 5 nitrogen and oxygen atoms in total. The summed E-state index contributed by atoms with van der Waals surface area (Å²) in [6.07, 6.45) is -0.208. The summed E-state index contributed by atoms with van der Waals surface area (Å²) in [4.78, 5) is 10.7. The zero-order valence-corrected chi connectivity index (χ0v) is 7.72. The van der Waals surface area contributed by atoms with E-state index in [0.717, 1.165) is 0 Å². The Hall–Kier alpha value is -0.220. The lowest BCUT2D eigenvalue weighted by Crippen LogP contribution is -2.36. The fourth-order valence-electron chi connectivity index (χ4n) is 0.666. The molecule has 0 aromatic rings. The second-order valence-electron chi connectivity index (χ2n) is 2.64. The molecule has 0 radical (unpaired) electrons. The number of aliphatic hydroxyl groups excluding tert-OH is 3. The van der Waals surface area contributed by atoms with E-state index in [-0.39, 0.29) is 6.42 Å². The highest BCUT2D eigenvalue weighted by atomic mass is 31.0. The second kappa shape index (κ2) is 5.43. The molecule has 0 spiro atoms. The molecule has 0 aromatic heterocycles. The number of hydrogen-bond acceptors (Lipinski definition) is 5. The summed E-state index contributed by atoms with van der Waals surface area (Å²) in [5.41, 5.74) is -1.17. The van der Waals surface area contributed by atoms with Crippen molar-refractivity contribution in [3.05, 3.63) is 0 Å². The third-order valence-electron chi connectivity index (χ3n) is 1.66. The minimum Gasteiger partial charge on any atom is -0.451 e. The Morgan fingerprint density at radius 2 is 1.67 bits per heavy atom. The van der Waals surface area contributed by atoms with Crippen LogP contribution in [0.1, 0.15) is 6.42 Å². The van der Waals surface area contributed by atoms with Gasteiger partial charge >= 0.3 is 5.97 Å². The summed E-state index contributed by atoms with van der Waals surface area (Å²) in [6, 6.07) is 0. The molecule has 0 aliphatic carbocycles. The zero-order chi connectivity index (χ0) is 9.61. The molecule has 0 amide bonds. The van der Waals surface area contributed by atoms with E-state index in [1.165, 1.54) is 0 Å². The van der Waals surface area contributed by atoms with Crippen LogP contribution < -0.4 is 0 Å². The predicted octanol–water partition coefficient (Wildman–Crippen LogP) is -1.33. The van der Waals surface area contributed by atoms with Crippen LogP contribution in [0.2, 0.25) is 0 Å². The molecule has 0 rings (SSSR count). The third-order valence-corrected chi connectivity index (χ3v) is 1.92. The average molecular weight is 196 g/mol. The lowest BCUT2D eigenvalue weighted by atomic mass is 9.87. The molecule has 0 heterocycles. The van der Waals surface area contributed by atoms with Gasteiger partial charge in [-0.2, -0.15) is 0 Å². The van der Waals surface area contributed by atoms with E-state index in [1.54, 1.807) is 9.47 Å². The highest BCUT2D eigenvalue weighted by Crippen LogP contribution is 2.20. The lowest BCUT2D eigenvalue weighted by Gasteiger charge is -2.25. The van der Waals surface area contributed by atoms with Gasteiger partial charge in [-0.1, -0.05) is 0 Å². The quantitative estimate of drug-likeness (QED) is 0.474. The Labute approximate surface area is 72.6 Å². The molecule has 1 atom stereocenters. The van der Waals surface area contributed by atoms with Crippen LogP contribution in [0, 0.1) is 5.41 Å². The van der Waals surface area contributed by atoms with Gasteiger partial charge in [0.1, 0.15) is 0 Å². The maximum absolute atomic E-state index is 10.7. The number of hydrogen-bond donors (Lipinski definition) is 3. The van der Waals surface area contributed by atoms with Crippen molar-refractivity contribution in [1.29, 1.82) is 0 Å². The number of carbonyl (C=O) groups is 1. The minimum atomic E-state index is -1.17. The van der Waals surface area contributed by atoms with E-state index in [2.05, 4.69) is 4.52 Å². The van der Waals surface area contributed by atoms with Crippen LogP contribution >= 0.6 is 9.47 Å². The van der Waals surface area contributed by atoms with Gasteiger partial charge in [0.25, 0.3) is 0 Å². The van der Waals surface area contributed by atoms with Crippen molar-refractivity contribution in [2.24, 2.45) is 5.41 Å². The van der Waals surface area contributed by atoms with Crippen molar-refractivity contribution in [1.82, 2.24) is 0 Å². The van der Waals surface area contributed by atoms with Crippen LogP contribution in [-0.4, -0.2) is 41.1 Å². The molecule has 1 unspecified atom stereocenters. The van der Waals surface area contributed by atoms with Crippen molar-refractivity contribution < 1.29 is 24.6 Å². The molecule has 0 saturated heterocycles. The van der Waals surface area contributed by atoms with E-state index >= 15 is 0 Å². The van der Waals surface area contributed by atoms with Gasteiger partial charge < -0.3 is 19.8 Å². The van der Waals surface area contributed by atoms with Gasteiger partial charge in [0, 0.05) is 0 Å². The third kappa shape index (κ3) is 3.03. The minimum absolute atomic E-state index is 0.208. The monoisotopic (exact) mass is 196 g/mol. The van der Waals surface area contributed by atoms with Crippen LogP contribution in [0.3, 0.4) is 0 Å². The van der Waals surface area contributed by atoms with Crippen LogP contribution in [0.5, 0.6) is 0 Å². The first-order valence-corrected chi connectivity index (χ1v) is 3.83. The summed E-state index contributed by atoms with van der Waals surface area (Å²) in [5, 5.41) is 26.4. The van der Waals surface area contributed by atoms with Crippen molar-refractivity contribution in [3.8, 4) is 0 Å². The first kappa shape index (κ1) is 11.8. The first-order chi connectivity index (χ1) is 5.64. The molecule has 72 valence electrons. The molecule has 0 aliphatic rings. The van der Waals surface area contributed by atoms with Crippen molar-refractivity contribution in [2.75, 3.05) is 19.8 Å². The number of rotatable bonds is 5. The van der Waals surface area contributed by atoms with Crippen molar-refractivity contribution >= 4 is 15.4 Å². The van der Waals surface area contributed by atoms with Crippen LogP contribution in [0.4, 0.5) is 0 Å². The Morgan fingerprint density at radius 3 is 1.92 bits per heavy atom. The molecule has 3 N–H and O–H groups in total. The van der Waals surface area contributed by atoms with Gasteiger partial charge in [-0.3, -0.25) is 4.79 Å². The SMILES string of the molecule is O=C(CC(CO)(CO)CO)OP. The van der Waals surface area contributed by atoms with E-state index in [9.17, 15) is 4.79 Å². The van der Waals surface area contributed by atoms with Gasteiger partial charge in [0.15, 0.2) is 0 Å². The Kier molecular flexibility index (Phi) is 5.33. The summed E-state index contributed by atoms with van der Waals surface area (Å²) >= 11 is 0. The highest BCUT2D eigenvalue weighted by molar-refractivity contribution is 7.10. The Bertz CT molecular complexity index is 137. The summed E-state index contributed by atoms with van der Waals surface area (Å²) < 4.78 is 4.26. The lowest BCUT2D eigenvalue weighted by molar-refractivity contribution is -0.139. The van der Waals surface area contributed by atoms with Gasteiger partial charge in [-0.05, 0) is 0 Å². The predicted molar refractivity (Wildman–Crippen MR) is 44.1 cm³/mol. The van der Waals surface area contributed by atoms with Gasteiger partial charge in [-0.25, -0.2) is 0 Å². The summed E-state index contributed by atoms with van der Waals surface area (Å²) in [5.74, 6) is -0.600. The van der Waals surface area contributed by atoms with Crippen LogP contribution in [0.25, 0.3) is 0 Å². The largest absolute Gasteiger partial charge is 0.451 e. The van der Waals surface area contributed by atoms with Crippen LogP contribution in [-0.2, 0) is 9.32 Å². The van der Waals surface area contributed by atoms with Crippen molar-refractivity contribution in [2.45, 2.75) is 6.42 Å². The molecule has 12 heavy (non-hydrogen) atoms. The molecule has 0 aliphatic heterocycles. The van der Waals surface area contributed by atoms with E-state index < -0.39 is 31.2 Å². The molecule has 6 heteroatoms. The van der Waals surface area contributed by atoms with E-state index in [0.29, 0.717) is 0 Å².